The zero-order valence-electron chi connectivity index (χ0n) is 15.6. The third-order valence-corrected chi connectivity index (χ3v) is 3.98. The molecule has 1 amide bonds. The van der Waals surface area contributed by atoms with Gasteiger partial charge in [-0.3, -0.25) is 14.9 Å². The van der Waals surface area contributed by atoms with Gasteiger partial charge in [0.1, 0.15) is 5.75 Å². The lowest BCUT2D eigenvalue weighted by molar-refractivity contribution is -0.384. The number of benzene rings is 2. The second kappa shape index (κ2) is 10.7. The van der Waals surface area contributed by atoms with E-state index in [9.17, 15) is 14.9 Å². The molecule has 0 aliphatic rings. The molecule has 0 spiro atoms. The second-order valence-corrected chi connectivity index (χ2v) is 5.94. The van der Waals surface area contributed by atoms with Gasteiger partial charge in [0.2, 0.25) is 5.91 Å². The van der Waals surface area contributed by atoms with Gasteiger partial charge < -0.3 is 25.8 Å². The summed E-state index contributed by atoms with van der Waals surface area (Å²) in [4.78, 5) is 22.5. The number of nitro groups is 1. The van der Waals surface area contributed by atoms with Crippen molar-refractivity contribution in [3.05, 3.63) is 58.1 Å². The van der Waals surface area contributed by atoms with Gasteiger partial charge in [-0.1, -0.05) is 12.1 Å². The Morgan fingerprint density at radius 2 is 1.86 bits per heavy atom. The average Bonchev–Trinajstić information content (AvgIpc) is 2.71. The van der Waals surface area contributed by atoms with E-state index in [0.29, 0.717) is 30.9 Å². The summed E-state index contributed by atoms with van der Waals surface area (Å²) in [6, 6.07) is 11.8. The molecule has 0 aromatic heterocycles. The fourth-order valence-electron chi connectivity index (χ4n) is 2.51. The Balaban J connectivity index is 1.86. The molecule has 0 unspecified atom stereocenters. The van der Waals surface area contributed by atoms with Gasteiger partial charge in [0.05, 0.1) is 36.6 Å². The molecule has 2 rings (SSSR count). The molecule has 4 N–H and O–H groups in total. The van der Waals surface area contributed by atoms with E-state index in [0.717, 1.165) is 11.3 Å². The molecule has 0 radical (unpaired) electrons. The number of aliphatic hydroxyl groups is 1. The van der Waals surface area contributed by atoms with E-state index in [-0.39, 0.29) is 24.7 Å². The summed E-state index contributed by atoms with van der Waals surface area (Å²) >= 11 is 0. The number of carbonyl (C=O) groups excluding carboxylic acids is 1. The summed E-state index contributed by atoms with van der Waals surface area (Å²) in [6.45, 7) is 0.651. The van der Waals surface area contributed by atoms with Crippen molar-refractivity contribution in [1.29, 1.82) is 0 Å². The number of nitro benzene ring substituents is 1. The van der Waals surface area contributed by atoms with Crippen molar-refractivity contribution in [2.24, 2.45) is 0 Å². The zero-order chi connectivity index (χ0) is 20.4. The van der Waals surface area contributed by atoms with Gasteiger partial charge in [-0.15, -0.1) is 0 Å². The molecule has 150 valence electrons. The molecule has 0 fully saturated rings. The molecule has 28 heavy (non-hydrogen) atoms. The van der Waals surface area contributed by atoms with Crippen LogP contribution in [0.1, 0.15) is 5.56 Å². The van der Waals surface area contributed by atoms with Gasteiger partial charge in [0.15, 0.2) is 0 Å². The number of hydrogen-bond donors (Lipinski definition) is 4. The maximum Gasteiger partial charge on any atom is 0.271 e. The average molecular weight is 388 g/mol. The lowest BCUT2D eigenvalue weighted by atomic mass is 10.1. The van der Waals surface area contributed by atoms with Crippen LogP contribution in [0.2, 0.25) is 0 Å². The number of ether oxygens (including phenoxy) is 1. The summed E-state index contributed by atoms with van der Waals surface area (Å²) in [5.41, 5.74) is 1.99. The van der Waals surface area contributed by atoms with E-state index >= 15 is 0 Å². The molecule has 2 aromatic carbocycles. The number of methoxy groups -OCH3 is 1. The topological polar surface area (TPSA) is 126 Å². The summed E-state index contributed by atoms with van der Waals surface area (Å²) in [6.07, 6.45) is 0.676. The van der Waals surface area contributed by atoms with Crippen LogP contribution >= 0.6 is 0 Å². The van der Waals surface area contributed by atoms with Crippen molar-refractivity contribution in [3.63, 3.8) is 0 Å². The summed E-state index contributed by atoms with van der Waals surface area (Å²) < 4.78 is 5.10. The fraction of sp³-hybridized carbons (Fsp3) is 0.316. The normalized spacial score (nSPS) is 10.2. The highest BCUT2D eigenvalue weighted by molar-refractivity contribution is 5.83. The predicted molar refractivity (Wildman–Crippen MR) is 107 cm³/mol. The molecule has 0 heterocycles. The maximum absolute atomic E-state index is 12.1. The Morgan fingerprint density at radius 3 is 2.50 bits per heavy atom. The zero-order valence-corrected chi connectivity index (χ0v) is 15.6. The maximum atomic E-state index is 12.1. The van der Waals surface area contributed by atoms with Crippen LogP contribution in [0.5, 0.6) is 5.75 Å². The van der Waals surface area contributed by atoms with Crippen LogP contribution < -0.4 is 20.7 Å². The molecule has 0 saturated carbocycles. The third kappa shape index (κ3) is 6.44. The summed E-state index contributed by atoms with van der Waals surface area (Å²) in [7, 11) is 1.61. The molecule has 0 aliphatic heterocycles. The summed E-state index contributed by atoms with van der Waals surface area (Å²) in [5.74, 6) is 0.549. The van der Waals surface area contributed by atoms with Crippen LogP contribution in [0.4, 0.5) is 17.1 Å². The van der Waals surface area contributed by atoms with Crippen molar-refractivity contribution in [2.45, 2.75) is 6.42 Å². The minimum Gasteiger partial charge on any atom is -0.497 e. The van der Waals surface area contributed by atoms with E-state index in [2.05, 4.69) is 16.0 Å². The molecule has 9 heteroatoms. The van der Waals surface area contributed by atoms with Crippen molar-refractivity contribution in [3.8, 4) is 5.75 Å². The second-order valence-electron chi connectivity index (χ2n) is 5.94. The molecule has 0 aliphatic carbocycles. The van der Waals surface area contributed by atoms with E-state index < -0.39 is 4.92 Å². The molecular formula is C19H24N4O5. The van der Waals surface area contributed by atoms with Crippen molar-refractivity contribution >= 4 is 23.0 Å². The van der Waals surface area contributed by atoms with Gasteiger partial charge >= 0.3 is 0 Å². The highest BCUT2D eigenvalue weighted by Crippen LogP contribution is 2.26. The van der Waals surface area contributed by atoms with Crippen LogP contribution in [0.3, 0.4) is 0 Å². The molecule has 0 saturated heterocycles. The Kier molecular flexibility index (Phi) is 8.04. The minimum atomic E-state index is -0.504. The highest BCUT2D eigenvalue weighted by atomic mass is 16.6. The highest BCUT2D eigenvalue weighted by Gasteiger charge is 2.11. The molecule has 9 nitrogen and oxygen atoms in total. The number of non-ortho nitro benzene ring substituents is 1. The first kappa shape index (κ1) is 21.0. The Bertz CT molecular complexity index is 795. The van der Waals surface area contributed by atoms with Crippen molar-refractivity contribution in [1.82, 2.24) is 5.32 Å². The summed E-state index contributed by atoms with van der Waals surface area (Å²) in [5, 5.41) is 28.6. The van der Waals surface area contributed by atoms with Gasteiger partial charge in [-0.05, 0) is 30.2 Å². The molecule has 0 atom stereocenters. The van der Waals surface area contributed by atoms with E-state index in [1.807, 2.05) is 24.3 Å². The number of carbonyl (C=O) groups is 1. The Hall–Kier alpha value is -3.33. The first-order valence-corrected chi connectivity index (χ1v) is 8.80. The fourth-order valence-corrected chi connectivity index (χ4v) is 2.51. The van der Waals surface area contributed by atoms with Crippen LogP contribution in [0, 0.1) is 10.1 Å². The number of anilines is 2. The first-order valence-electron chi connectivity index (χ1n) is 8.80. The minimum absolute atomic E-state index is 0.0302. The SMILES string of the molecule is COc1ccc(CCNC(=O)CNc2cc([N+](=O)[O-])ccc2NCCO)cc1. The number of hydrogen-bond acceptors (Lipinski definition) is 7. The van der Waals surface area contributed by atoms with Gasteiger partial charge in [0, 0.05) is 25.2 Å². The molecule has 0 bridgehead atoms. The van der Waals surface area contributed by atoms with Crippen molar-refractivity contribution < 1.29 is 19.6 Å². The number of rotatable bonds is 11. The Morgan fingerprint density at radius 1 is 1.11 bits per heavy atom. The van der Waals surface area contributed by atoms with E-state index in [4.69, 9.17) is 9.84 Å². The number of nitrogens with zero attached hydrogens (tertiary/aromatic N) is 1. The molecule has 2 aromatic rings. The van der Waals surface area contributed by atoms with Crippen LogP contribution in [-0.2, 0) is 11.2 Å². The van der Waals surface area contributed by atoms with Crippen molar-refractivity contribution in [2.75, 3.05) is 44.0 Å². The standard InChI is InChI=1S/C19H24N4O5/c1-28-16-5-2-14(3-6-16)8-9-21-19(25)13-22-18-12-15(23(26)27)4-7-17(18)20-10-11-24/h2-7,12,20,22,24H,8-11,13H2,1H3,(H,21,25). The predicted octanol–water partition coefficient (Wildman–Crippen LogP) is 1.78. The lowest BCUT2D eigenvalue weighted by Gasteiger charge is -2.13. The smallest absolute Gasteiger partial charge is 0.271 e. The molecular weight excluding hydrogens is 364 g/mol. The van der Waals surface area contributed by atoms with Gasteiger partial charge in [-0.2, -0.15) is 0 Å². The third-order valence-electron chi connectivity index (χ3n) is 3.98. The lowest BCUT2D eigenvalue weighted by Crippen LogP contribution is -2.31. The monoisotopic (exact) mass is 388 g/mol. The van der Waals surface area contributed by atoms with Crippen LogP contribution in [0.25, 0.3) is 0 Å². The number of aliphatic hydroxyl groups excluding tert-OH is 1. The van der Waals surface area contributed by atoms with E-state index in [1.165, 1.54) is 18.2 Å². The first-order chi connectivity index (χ1) is 13.5. The largest absolute Gasteiger partial charge is 0.497 e. The quantitative estimate of drug-likeness (QED) is 0.341. The van der Waals surface area contributed by atoms with Gasteiger partial charge in [0.25, 0.3) is 5.69 Å². The number of nitrogens with one attached hydrogen (secondary N) is 3. The van der Waals surface area contributed by atoms with Crippen LogP contribution in [-0.4, -0.2) is 49.3 Å². The van der Waals surface area contributed by atoms with Crippen LogP contribution in [0.15, 0.2) is 42.5 Å². The van der Waals surface area contributed by atoms with Gasteiger partial charge in [-0.25, -0.2) is 0 Å². The van der Waals surface area contributed by atoms with E-state index in [1.54, 1.807) is 7.11 Å². The number of amides is 1. The Labute approximate surface area is 162 Å².